The van der Waals surface area contributed by atoms with Crippen molar-refractivity contribution in [3.05, 3.63) is 76.3 Å². The zero-order chi connectivity index (χ0) is 20.9. The van der Waals surface area contributed by atoms with Crippen LogP contribution in [0.2, 0.25) is 5.02 Å². The van der Waals surface area contributed by atoms with E-state index in [1.54, 1.807) is 0 Å². The molecule has 0 atom stereocenters. The Labute approximate surface area is 177 Å². The van der Waals surface area contributed by atoms with Crippen molar-refractivity contribution in [1.82, 2.24) is 10.2 Å². The number of hydrogen-bond donors (Lipinski definition) is 1. The van der Waals surface area contributed by atoms with E-state index in [0.717, 1.165) is 29.5 Å². The van der Waals surface area contributed by atoms with E-state index in [-0.39, 0.29) is 5.56 Å². The molecule has 0 unspecified atom stereocenters. The van der Waals surface area contributed by atoms with Crippen molar-refractivity contribution < 1.29 is 18.0 Å². The second kappa shape index (κ2) is 9.43. The number of halogens is 4. The number of carbonyl (C=O) groups excluding carboxylic acids is 1. The molecule has 10 heteroatoms. The first-order chi connectivity index (χ1) is 13.8. The summed E-state index contributed by atoms with van der Waals surface area (Å²) in [7, 11) is 0. The maximum atomic E-state index is 12.9. The van der Waals surface area contributed by atoms with Gasteiger partial charge in [0.2, 0.25) is 11.0 Å². The Hall–Kier alpha value is -2.36. The first-order valence-electron chi connectivity index (χ1n) is 8.17. The zero-order valence-electron chi connectivity index (χ0n) is 14.6. The minimum Gasteiger partial charge on any atom is -0.297 e. The van der Waals surface area contributed by atoms with Crippen molar-refractivity contribution in [2.75, 3.05) is 5.32 Å². The summed E-state index contributed by atoms with van der Waals surface area (Å²) in [5, 5.41) is 10.4. The zero-order valence-corrected chi connectivity index (χ0v) is 17.0. The number of aromatic nitrogens is 2. The molecule has 4 nitrogen and oxygen atoms in total. The van der Waals surface area contributed by atoms with E-state index in [0.29, 0.717) is 9.47 Å². The van der Waals surface area contributed by atoms with Crippen LogP contribution in [0.15, 0.2) is 58.9 Å². The minimum atomic E-state index is -4.57. The van der Waals surface area contributed by atoms with Gasteiger partial charge in [0, 0.05) is 11.8 Å². The molecule has 0 fully saturated rings. The van der Waals surface area contributed by atoms with Crippen molar-refractivity contribution in [2.24, 2.45) is 0 Å². The van der Waals surface area contributed by atoms with Crippen molar-refractivity contribution >= 4 is 51.8 Å². The normalized spacial score (nSPS) is 11.7. The van der Waals surface area contributed by atoms with Gasteiger partial charge in [-0.3, -0.25) is 10.1 Å². The standard InChI is InChI=1S/C19H13ClF3N3OS2/c20-15-8-6-12(10-14(15)19(21,22)23)7-9-16(27)24-17-25-26-18(29-17)28-11-13-4-2-1-3-5-13/h1-10H,11H2,(H,24,25,27)/b9-7+. The molecule has 1 aromatic heterocycles. The third-order valence-corrected chi connectivity index (χ3v) is 5.94. The predicted octanol–water partition coefficient (Wildman–Crippen LogP) is 6.15. The lowest BCUT2D eigenvalue weighted by molar-refractivity contribution is -0.137. The lowest BCUT2D eigenvalue weighted by atomic mass is 10.1. The Morgan fingerprint density at radius 1 is 1.17 bits per heavy atom. The van der Waals surface area contributed by atoms with E-state index in [1.165, 1.54) is 35.2 Å². The number of anilines is 1. The van der Waals surface area contributed by atoms with Gasteiger partial charge in [-0.2, -0.15) is 13.2 Å². The van der Waals surface area contributed by atoms with Crippen molar-refractivity contribution in [2.45, 2.75) is 16.3 Å². The van der Waals surface area contributed by atoms with Crippen LogP contribution in [-0.4, -0.2) is 16.1 Å². The highest BCUT2D eigenvalue weighted by atomic mass is 35.5. The lowest BCUT2D eigenvalue weighted by Crippen LogP contribution is -2.08. The summed E-state index contributed by atoms with van der Waals surface area (Å²) in [4.78, 5) is 12.0. The topological polar surface area (TPSA) is 54.9 Å². The fraction of sp³-hybridized carbons (Fsp3) is 0.105. The number of rotatable bonds is 6. The van der Waals surface area contributed by atoms with Crippen molar-refractivity contribution in [1.29, 1.82) is 0 Å². The van der Waals surface area contributed by atoms with E-state index in [9.17, 15) is 18.0 Å². The molecule has 29 heavy (non-hydrogen) atoms. The Morgan fingerprint density at radius 3 is 2.66 bits per heavy atom. The number of nitrogens with one attached hydrogen (secondary N) is 1. The molecule has 0 saturated heterocycles. The quantitative estimate of drug-likeness (QED) is 0.275. The third-order valence-electron chi connectivity index (χ3n) is 3.56. The van der Waals surface area contributed by atoms with Gasteiger partial charge in [0.05, 0.1) is 10.6 Å². The second-order valence-electron chi connectivity index (χ2n) is 5.71. The predicted molar refractivity (Wildman–Crippen MR) is 110 cm³/mol. The van der Waals surface area contributed by atoms with Crippen LogP contribution in [0.25, 0.3) is 6.08 Å². The largest absolute Gasteiger partial charge is 0.417 e. The summed E-state index contributed by atoms with van der Waals surface area (Å²) in [6.07, 6.45) is -2.17. The van der Waals surface area contributed by atoms with Crippen LogP contribution >= 0.6 is 34.7 Å². The van der Waals surface area contributed by atoms with Crippen LogP contribution in [0.5, 0.6) is 0 Å². The van der Waals surface area contributed by atoms with Crippen LogP contribution in [0.3, 0.4) is 0 Å². The molecule has 2 aromatic carbocycles. The van der Waals surface area contributed by atoms with E-state index in [4.69, 9.17) is 11.6 Å². The van der Waals surface area contributed by atoms with Crippen LogP contribution < -0.4 is 5.32 Å². The molecule has 1 N–H and O–H groups in total. The summed E-state index contributed by atoms with van der Waals surface area (Å²) in [5.74, 6) is 0.200. The highest BCUT2D eigenvalue weighted by Crippen LogP contribution is 2.35. The number of thioether (sulfide) groups is 1. The summed E-state index contributed by atoms with van der Waals surface area (Å²) in [5.41, 5.74) is 0.390. The molecular weight excluding hydrogens is 443 g/mol. The Balaban J connectivity index is 1.58. The number of hydrogen-bond acceptors (Lipinski definition) is 5. The molecule has 0 radical (unpaired) electrons. The number of benzene rings is 2. The molecule has 0 bridgehead atoms. The van der Waals surface area contributed by atoms with Crippen molar-refractivity contribution in [3.63, 3.8) is 0 Å². The molecule has 1 amide bonds. The van der Waals surface area contributed by atoms with Crippen LogP contribution in [0.1, 0.15) is 16.7 Å². The monoisotopic (exact) mass is 455 g/mol. The van der Waals surface area contributed by atoms with Gasteiger partial charge >= 0.3 is 6.18 Å². The van der Waals surface area contributed by atoms with E-state index < -0.39 is 22.7 Å². The lowest BCUT2D eigenvalue weighted by Gasteiger charge is -2.09. The third kappa shape index (κ3) is 6.31. The van der Waals surface area contributed by atoms with Gasteiger partial charge in [0.25, 0.3) is 0 Å². The maximum Gasteiger partial charge on any atom is 0.417 e. The molecule has 0 aliphatic heterocycles. The second-order valence-corrected chi connectivity index (χ2v) is 8.31. The molecule has 0 aliphatic carbocycles. The van der Waals surface area contributed by atoms with Crippen LogP contribution in [-0.2, 0) is 16.7 Å². The van der Waals surface area contributed by atoms with Crippen LogP contribution in [0, 0.1) is 0 Å². The van der Waals surface area contributed by atoms with Gasteiger partial charge in [-0.05, 0) is 29.3 Å². The SMILES string of the molecule is O=C(/C=C/c1ccc(Cl)c(C(F)(F)F)c1)Nc1nnc(SCc2ccccc2)s1. The average Bonchev–Trinajstić information content (AvgIpc) is 3.13. The fourth-order valence-electron chi connectivity index (χ4n) is 2.22. The molecule has 0 spiro atoms. The van der Waals surface area contributed by atoms with E-state index in [2.05, 4.69) is 15.5 Å². The Morgan fingerprint density at radius 2 is 1.93 bits per heavy atom. The molecule has 150 valence electrons. The van der Waals surface area contributed by atoms with Crippen molar-refractivity contribution in [3.8, 4) is 0 Å². The highest BCUT2D eigenvalue weighted by Gasteiger charge is 2.33. The minimum absolute atomic E-state index is 0.202. The molecule has 0 saturated carbocycles. The number of nitrogens with zero attached hydrogens (tertiary/aromatic N) is 2. The number of carbonyl (C=O) groups is 1. The smallest absolute Gasteiger partial charge is 0.297 e. The van der Waals surface area contributed by atoms with Gasteiger partial charge in [-0.1, -0.05) is 71.1 Å². The first kappa shape index (κ1) is 21.4. The summed E-state index contributed by atoms with van der Waals surface area (Å²) in [6, 6.07) is 13.3. The fourth-order valence-corrected chi connectivity index (χ4v) is 4.16. The van der Waals surface area contributed by atoms with Crippen LogP contribution in [0.4, 0.5) is 18.3 Å². The molecule has 0 aliphatic rings. The Bertz CT molecular complexity index is 1020. The highest BCUT2D eigenvalue weighted by molar-refractivity contribution is 8.00. The van der Waals surface area contributed by atoms with E-state index in [1.807, 2.05) is 30.3 Å². The Kier molecular flexibility index (Phi) is 6.94. The molecule has 1 heterocycles. The average molecular weight is 456 g/mol. The summed E-state index contributed by atoms with van der Waals surface area (Å²) in [6.45, 7) is 0. The van der Waals surface area contributed by atoms with Gasteiger partial charge in [-0.15, -0.1) is 10.2 Å². The molecular formula is C19H13ClF3N3OS2. The maximum absolute atomic E-state index is 12.9. The van der Waals surface area contributed by atoms with Gasteiger partial charge in [0.15, 0.2) is 4.34 Å². The summed E-state index contributed by atoms with van der Waals surface area (Å²) >= 11 is 8.29. The number of alkyl halides is 3. The molecule has 3 rings (SSSR count). The first-order valence-corrected chi connectivity index (χ1v) is 10.4. The summed E-state index contributed by atoms with van der Waals surface area (Å²) < 4.78 is 39.3. The van der Waals surface area contributed by atoms with E-state index >= 15 is 0 Å². The van der Waals surface area contributed by atoms with Gasteiger partial charge in [-0.25, -0.2) is 0 Å². The molecule has 3 aromatic rings. The van der Waals surface area contributed by atoms with Gasteiger partial charge < -0.3 is 0 Å². The number of amides is 1. The van der Waals surface area contributed by atoms with Gasteiger partial charge in [0.1, 0.15) is 0 Å².